The van der Waals surface area contributed by atoms with Crippen LogP contribution in [0.2, 0.25) is 0 Å². The Labute approximate surface area is 152 Å². The third kappa shape index (κ3) is 4.15. The van der Waals surface area contributed by atoms with Gasteiger partial charge >= 0.3 is 0 Å². The van der Waals surface area contributed by atoms with Gasteiger partial charge in [-0.25, -0.2) is 21.5 Å². The first kappa shape index (κ1) is 19.0. The number of halogens is 2. The van der Waals surface area contributed by atoms with E-state index in [2.05, 4.69) is 5.32 Å². The number of hydrogen-bond donors (Lipinski definition) is 1. The normalized spacial score (nSPS) is 19.7. The molecule has 0 bridgehead atoms. The van der Waals surface area contributed by atoms with E-state index in [1.165, 1.54) is 4.31 Å². The monoisotopic (exact) mass is 387 g/mol. The van der Waals surface area contributed by atoms with E-state index < -0.39 is 21.7 Å². The van der Waals surface area contributed by atoms with Crippen LogP contribution in [0.1, 0.15) is 25.7 Å². The molecule has 6 nitrogen and oxygen atoms in total. The van der Waals surface area contributed by atoms with Crippen LogP contribution in [0.15, 0.2) is 12.1 Å². The second-order valence-electron chi connectivity index (χ2n) is 6.91. The van der Waals surface area contributed by atoms with E-state index in [0.717, 1.165) is 31.2 Å². The summed E-state index contributed by atoms with van der Waals surface area (Å²) in [7, 11) is -3.26. The first-order valence-electron chi connectivity index (χ1n) is 8.75. The molecule has 0 saturated carbocycles. The van der Waals surface area contributed by atoms with Gasteiger partial charge in [-0.05, 0) is 37.8 Å². The number of hydrogen-bond acceptors (Lipinski definition) is 4. The number of amides is 1. The van der Waals surface area contributed by atoms with Gasteiger partial charge in [-0.15, -0.1) is 0 Å². The number of piperidine rings is 1. The van der Waals surface area contributed by atoms with Gasteiger partial charge in [0, 0.05) is 37.8 Å². The van der Waals surface area contributed by atoms with E-state index in [4.69, 9.17) is 0 Å². The summed E-state index contributed by atoms with van der Waals surface area (Å²) < 4.78 is 53.0. The van der Waals surface area contributed by atoms with Crippen molar-refractivity contribution < 1.29 is 22.0 Å². The molecule has 0 aliphatic carbocycles. The summed E-state index contributed by atoms with van der Waals surface area (Å²) in [5, 5.41) is 2.56. The van der Waals surface area contributed by atoms with Crippen LogP contribution in [0.4, 0.5) is 20.2 Å². The quantitative estimate of drug-likeness (QED) is 0.860. The van der Waals surface area contributed by atoms with Crippen LogP contribution in [0.3, 0.4) is 0 Å². The van der Waals surface area contributed by atoms with Crippen molar-refractivity contribution in [3.63, 3.8) is 0 Å². The fraction of sp³-hybridized carbons (Fsp3) is 0.588. The van der Waals surface area contributed by atoms with Crippen molar-refractivity contribution in [2.45, 2.75) is 25.7 Å². The van der Waals surface area contributed by atoms with Crippen molar-refractivity contribution in [1.82, 2.24) is 4.31 Å². The van der Waals surface area contributed by atoms with Crippen molar-refractivity contribution in [2.24, 2.45) is 5.92 Å². The predicted molar refractivity (Wildman–Crippen MR) is 95.6 cm³/mol. The van der Waals surface area contributed by atoms with Gasteiger partial charge in [0.25, 0.3) is 0 Å². The molecule has 1 aromatic rings. The molecule has 1 amide bonds. The zero-order valence-electron chi connectivity index (χ0n) is 14.7. The number of nitrogens with zero attached hydrogens (tertiary/aromatic N) is 2. The predicted octanol–water partition coefficient (Wildman–Crippen LogP) is 2.18. The average Bonchev–Trinajstić information content (AvgIpc) is 3.07. The summed E-state index contributed by atoms with van der Waals surface area (Å²) in [4.78, 5) is 14.0. The first-order valence-corrected chi connectivity index (χ1v) is 10.6. The second-order valence-corrected chi connectivity index (χ2v) is 8.89. The first-order chi connectivity index (χ1) is 12.3. The van der Waals surface area contributed by atoms with Gasteiger partial charge < -0.3 is 10.2 Å². The summed E-state index contributed by atoms with van der Waals surface area (Å²) in [6, 6.07) is 2.28. The maximum Gasteiger partial charge on any atom is 0.227 e. The lowest BCUT2D eigenvalue weighted by Gasteiger charge is -2.29. The van der Waals surface area contributed by atoms with Crippen LogP contribution in [0.5, 0.6) is 0 Å². The fourth-order valence-corrected chi connectivity index (χ4v) is 4.45. The van der Waals surface area contributed by atoms with E-state index in [0.29, 0.717) is 25.9 Å². The molecule has 3 rings (SSSR count). The number of nitrogens with one attached hydrogen (secondary N) is 1. The molecule has 0 radical (unpaired) electrons. The third-order valence-corrected chi connectivity index (χ3v) is 6.30. The van der Waals surface area contributed by atoms with Gasteiger partial charge in [-0.1, -0.05) is 0 Å². The molecule has 1 aromatic carbocycles. The molecule has 9 heteroatoms. The summed E-state index contributed by atoms with van der Waals surface area (Å²) in [6.45, 7) is 1.79. The molecule has 144 valence electrons. The van der Waals surface area contributed by atoms with Gasteiger partial charge in [-0.3, -0.25) is 4.79 Å². The summed E-state index contributed by atoms with van der Waals surface area (Å²) in [6.07, 6.45) is 3.72. The highest BCUT2D eigenvalue weighted by Gasteiger charge is 2.29. The summed E-state index contributed by atoms with van der Waals surface area (Å²) >= 11 is 0. The molecule has 2 saturated heterocycles. The Kier molecular flexibility index (Phi) is 5.47. The maximum atomic E-state index is 14.3. The van der Waals surface area contributed by atoms with Crippen molar-refractivity contribution in [1.29, 1.82) is 0 Å². The lowest BCUT2D eigenvalue weighted by molar-refractivity contribution is -0.120. The molecular weight excluding hydrogens is 364 g/mol. The molecule has 0 aromatic heterocycles. The highest BCUT2D eigenvalue weighted by Crippen LogP contribution is 2.30. The second kappa shape index (κ2) is 7.48. The van der Waals surface area contributed by atoms with Crippen LogP contribution < -0.4 is 10.2 Å². The maximum absolute atomic E-state index is 14.3. The van der Waals surface area contributed by atoms with Crippen LogP contribution in [0.25, 0.3) is 0 Å². The number of benzene rings is 1. The molecule has 2 aliphatic heterocycles. The molecular formula is C17H23F2N3O3S. The highest BCUT2D eigenvalue weighted by atomic mass is 32.2. The Morgan fingerprint density at radius 2 is 1.62 bits per heavy atom. The van der Waals surface area contributed by atoms with E-state index >= 15 is 0 Å². The Bertz CT molecular complexity index is 763. The minimum Gasteiger partial charge on any atom is -0.367 e. The van der Waals surface area contributed by atoms with Crippen LogP contribution in [-0.2, 0) is 14.8 Å². The number of carbonyl (C=O) groups excluding carboxylic acids is 1. The Hall–Kier alpha value is -1.74. The van der Waals surface area contributed by atoms with Crippen molar-refractivity contribution in [3.05, 3.63) is 23.8 Å². The van der Waals surface area contributed by atoms with E-state index in [1.54, 1.807) is 4.90 Å². The Morgan fingerprint density at radius 1 is 1.08 bits per heavy atom. The van der Waals surface area contributed by atoms with Gasteiger partial charge in [0.15, 0.2) is 11.6 Å². The minimum absolute atomic E-state index is 0.0399. The van der Waals surface area contributed by atoms with E-state index in [9.17, 15) is 22.0 Å². The van der Waals surface area contributed by atoms with Crippen LogP contribution >= 0.6 is 0 Å². The largest absolute Gasteiger partial charge is 0.367 e. The van der Waals surface area contributed by atoms with Gasteiger partial charge in [0.2, 0.25) is 15.9 Å². The molecule has 26 heavy (non-hydrogen) atoms. The van der Waals surface area contributed by atoms with Crippen molar-refractivity contribution in [2.75, 3.05) is 42.7 Å². The lowest BCUT2D eigenvalue weighted by Crippen LogP contribution is -2.40. The Balaban J connectivity index is 1.65. The molecule has 1 N–H and O–H groups in total. The van der Waals surface area contributed by atoms with E-state index in [-0.39, 0.29) is 36.3 Å². The zero-order valence-corrected chi connectivity index (χ0v) is 15.5. The fourth-order valence-electron chi connectivity index (χ4n) is 3.57. The summed E-state index contributed by atoms with van der Waals surface area (Å²) in [5.41, 5.74) is 0.0421. The number of anilines is 2. The average molecular weight is 387 g/mol. The molecule has 2 heterocycles. The minimum atomic E-state index is -3.26. The van der Waals surface area contributed by atoms with Gasteiger partial charge in [0.1, 0.15) is 5.69 Å². The summed E-state index contributed by atoms with van der Waals surface area (Å²) in [5.74, 6) is -2.09. The van der Waals surface area contributed by atoms with Crippen LogP contribution in [-0.4, -0.2) is 51.1 Å². The van der Waals surface area contributed by atoms with Gasteiger partial charge in [0.05, 0.1) is 6.26 Å². The standard InChI is InChI=1S/C17H23F2N3O3S/c1-26(24,25)22-8-4-12(5-9-22)17(23)20-13-10-14(18)16(15(19)11-13)21-6-2-3-7-21/h10-12H,2-9H2,1H3,(H,20,23). The third-order valence-electron chi connectivity index (χ3n) is 5.00. The van der Waals surface area contributed by atoms with Crippen molar-refractivity contribution >= 4 is 27.3 Å². The van der Waals surface area contributed by atoms with Crippen LogP contribution in [0, 0.1) is 17.6 Å². The SMILES string of the molecule is CS(=O)(=O)N1CCC(C(=O)Nc2cc(F)c(N3CCCC3)c(F)c2)CC1. The molecule has 0 spiro atoms. The Morgan fingerprint density at radius 3 is 2.12 bits per heavy atom. The van der Waals surface area contributed by atoms with Crippen molar-refractivity contribution in [3.8, 4) is 0 Å². The molecule has 0 atom stereocenters. The lowest BCUT2D eigenvalue weighted by atomic mass is 9.97. The number of rotatable bonds is 4. The van der Waals surface area contributed by atoms with Gasteiger partial charge in [-0.2, -0.15) is 0 Å². The molecule has 0 unspecified atom stereocenters. The smallest absolute Gasteiger partial charge is 0.227 e. The molecule has 2 aliphatic rings. The number of carbonyl (C=O) groups is 1. The number of sulfonamides is 1. The molecule has 2 fully saturated rings. The topological polar surface area (TPSA) is 69.7 Å². The highest BCUT2D eigenvalue weighted by molar-refractivity contribution is 7.88. The van der Waals surface area contributed by atoms with E-state index in [1.807, 2.05) is 0 Å². The zero-order chi connectivity index (χ0) is 18.9.